The van der Waals surface area contributed by atoms with Gasteiger partial charge in [-0.1, -0.05) is 6.08 Å². The van der Waals surface area contributed by atoms with Gasteiger partial charge >= 0.3 is 0 Å². The number of aliphatic hydroxyl groups excluding tert-OH is 1. The van der Waals surface area contributed by atoms with E-state index in [2.05, 4.69) is 6.58 Å². The summed E-state index contributed by atoms with van der Waals surface area (Å²) in [6.45, 7) is 3.48. The van der Waals surface area contributed by atoms with Crippen LogP contribution < -0.4 is 0 Å². The molecule has 0 fully saturated rings. The summed E-state index contributed by atoms with van der Waals surface area (Å²) in [4.78, 5) is 11.0. The Hall–Kier alpha value is -0.930. The van der Waals surface area contributed by atoms with E-state index < -0.39 is 12.4 Å². The Morgan fingerprint density at radius 1 is 1.82 bits per heavy atom. The highest BCUT2D eigenvalue weighted by Crippen LogP contribution is 2.10. The van der Waals surface area contributed by atoms with Crippen molar-refractivity contribution < 1.29 is 14.6 Å². The number of ether oxygens (including phenoxy) is 1. The summed E-state index contributed by atoms with van der Waals surface area (Å²) < 4.78 is 4.89. The first-order valence-corrected chi connectivity index (χ1v) is 3.40. The van der Waals surface area contributed by atoms with Crippen molar-refractivity contribution >= 4 is 5.78 Å². The van der Waals surface area contributed by atoms with Gasteiger partial charge in [0.15, 0.2) is 12.1 Å². The predicted molar refractivity (Wildman–Crippen MR) is 39.8 cm³/mol. The normalized spacial score (nSPS) is 30.5. The van der Waals surface area contributed by atoms with Crippen LogP contribution in [0.25, 0.3) is 0 Å². The van der Waals surface area contributed by atoms with E-state index in [1.54, 1.807) is 6.08 Å². The third kappa shape index (κ3) is 2.00. The van der Waals surface area contributed by atoms with Crippen molar-refractivity contribution in [1.29, 1.82) is 0 Å². The second-order valence-corrected chi connectivity index (χ2v) is 2.30. The zero-order valence-corrected chi connectivity index (χ0v) is 6.06. The summed E-state index contributed by atoms with van der Waals surface area (Å²) in [6.07, 6.45) is 3.20. The molecule has 0 aliphatic carbocycles. The SMILES string of the molecule is C=CC[C@@H]1OC(O)C=CC1=O. The number of rotatable bonds is 2. The Morgan fingerprint density at radius 3 is 3.18 bits per heavy atom. The lowest BCUT2D eigenvalue weighted by atomic mass is 10.1. The number of carbonyl (C=O) groups is 1. The van der Waals surface area contributed by atoms with Gasteiger partial charge in [0.25, 0.3) is 0 Å². The number of hydrogen-bond donors (Lipinski definition) is 1. The minimum absolute atomic E-state index is 0.116. The molecule has 0 saturated heterocycles. The lowest BCUT2D eigenvalue weighted by Crippen LogP contribution is -2.30. The Kier molecular flexibility index (Phi) is 2.57. The largest absolute Gasteiger partial charge is 0.365 e. The van der Waals surface area contributed by atoms with Crippen molar-refractivity contribution in [2.45, 2.75) is 18.8 Å². The zero-order chi connectivity index (χ0) is 8.27. The van der Waals surface area contributed by atoms with Gasteiger partial charge in [0.1, 0.15) is 6.10 Å². The van der Waals surface area contributed by atoms with Crippen LogP contribution in [0.4, 0.5) is 0 Å². The van der Waals surface area contributed by atoms with Gasteiger partial charge in [0.2, 0.25) is 0 Å². The molecule has 0 spiro atoms. The van der Waals surface area contributed by atoms with Gasteiger partial charge in [-0.05, 0) is 18.6 Å². The van der Waals surface area contributed by atoms with E-state index in [0.717, 1.165) is 0 Å². The first-order valence-electron chi connectivity index (χ1n) is 3.40. The number of aliphatic hydroxyl groups is 1. The molecular formula is C8H10O3. The van der Waals surface area contributed by atoms with E-state index in [4.69, 9.17) is 9.84 Å². The first kappa shape index (κ1) is 8.17. The van der Waals surface area contributed by atoms with Crippen LogP contribution in [-0.4, -0.2) is 23.3 Å². The average molecular weight is 154 g/mol. The molecule has 1 heterocycles. The van der Waals surface area contributed by atoms with Crippen molar-refractivity contribution in [1.82, 2.24) is 0 Å². The van der Waals surface area contributed by atoms with Gasteiger partial charge in [0.05, 0.1) is 0 Å². The number of hydrogen-bond acceptors (Lipinski definition) is 3. The molecule has 0 amide bonds. The third-order valence-corrected chi connectivity index (χ3v) is 1.43. The maximum atomic E-state index is 11.0. The molecule has 1 aliphatic rings. The molecule has 3 heteroatoms. The number of ketones is 1. The van der Waals surface area contributed by atoms with E-state index in [1.807, 2.05) is 0 Å². The van der Waals surface area contributed by atoms with Crippen molar-refractivity contribution in [3.8, 4) is 0 Å². The van der Waals surface area contributed by atoms with Crippen molar-refractivity contribution in [3.05, 3.63) is 24.8 Å². The highest BCUT2D eigenvalue weighted by atomic mass is 16.6. The quantitative estimate of drug-likeness (QED) is 0.586. The molecule has 3 nitrogen and oxygen atoms in total. The average Bonchev–Trinajstić information content (AvgIpc) is 1.98. The van der Waals surface area contributed by atoms with E-state index in [-0.39, 0.29) is 5.78 Å². The lowest BCUT2D eigenvalue weighted by molar-refractivity contribution is -0.147. The monoisotopic (exact) mass is 154 g/mol. The molecule has 1 unspecified atom stereocenters. The summed E-state index contributed by atoms with van der Waals surface area (Å²) in [5, 5.41) is 8.93. The van der Waals surface area contributed by atoms with Gasteiger partial charge in [-0.2, -0.15) is 0 Å². The minimum Gasteiger partial charge on any atom is -0.365 e. The fraction of sp³-hybridized carbons (Fsp3) is 0.375. The van der Waals surface area contributed by atoms with Crippen molar-refractivity contribution in [3.63, 3.8) is 0 Å². The second-order valence-electron chi connectivity index (χ2n) is 2.30. The molecule has 1 N–H and O–H groups in total. The maximum Gasteiger partial charge on any atom is 0.184 e. The molecule has 0 radical (unpaired) electrons. The maximum absolute atomic E-state index is 11.0. The molecule has 1 rings (SSSR count). The molecule has 0 bridgehead atoms. The fourth-order valence-electron chi connectivity index (χ4n) is 0.888. The van der Waals surface area contributed by atoms with Crippen LogP contribution in [0, 0.1) is 0 Å². The summed E-state index contributed by atoms with van der Waals surface area (Å²) in [7, 11) is 0. The Labute approximate surface area is 65.0 Å². The Morgan fingerprint density at radius 2 is 2.55 bits per heavy atom. The van der Waals surface area contributed by atoms with Crippen LogP contribution in [0.1, 0.15) is 6.42 Å². The highest BCUT2D eigenvalue weighted by Gasteiger charge is 2.21. The highest BCUT2D eigenvalue weighted by molar-refractivity contribution is 5.94. The van der Waals surface area contributed by atoms with Crippen LogP contribution in [0.5, 0.6) is 0 Å². The fourth-order valence-corrected chi connectivity index (χ4v) is 0.888. The summed E-state index contributed by atoms with van der Waals surface area (Å²) >= 11 is 0. The number of carbonyl (C=O) groups excluding carboxylic acids is 1. The second kappa shape index (κ2) is 3.46. The van der Waals surface area contributed by atoms with Crippen molar-refractivity contribution in [2.24, 2.45) is 0 Å². The lowest BCUT2D eigenvalue weighted by Gasteiger charge is -2.19. The van der Waals surface area contributed by atoms with Gasteiger partial charge in [-0.15, -0.1) is 6.58 Å². The summed E-state index contributed by atoms with van der Waals surface area (Å²) in [6, 6.07) is 0. The molecule has 60 valence electrons. The summed E-state index contributed by atoms with van der Waals surface area (Å²) in [5.74, 6) is -0.116. The van der Waals surface area contributed by atoms with Gasteiger partial charge < -0.3 is 9.84 Å². The predicted octanol–water partition coefficient (Wildman–Crippen LogP) is 0.405. The van der Waals surface area contributed by atoms with Crippen LogP contribution in [-0.2, 0) is 9.53 Å². The molecule has 0 aromatic carbocycles. The van der Waals surface area contributed by atoms with Gasteiger partial charge in [0, 0.05) is 0 Å². The topological polar surface area (TPSA) is 46.5 Å². The molecule has 0 saturated carbocycles. The smallest absolute Gasteiger partial charge is 0.184 e. The third-order valence-electron chi connectivity index (χ3n) is 1.43. The van der Waals surface area contributed by atoms with E-state index in [0.29, 0.717) is 6.42 Å². The zero-order valence-electron chi connectivity index (χ0n) is 6.06. The van der Waals surface area contributed by atoms with E-state index >= 15 is 0 Å². The Bertz CT molecular complexity index is 196. The van der Waals surface area contributed by atoms with Gasteiger partial charge in [-0.3, -0.25) is 4.79 Å². The van der Waals surface area contributed by atoms with Crippen LogP contribution >= 0.6 is 0 Å². The van der Waals surface area contributed by atoms with Crippen LogP contribution in [0.2, 0.25) is 0 Å². The van der Waals surface area contributed by atoms with Crippen molar-refractivity contribution in [2.75, 3.05) is 0 Å². The minimum atomic E-state index is -0.947. The molecule has 2 atom stereocenters. The van der Waals surface area contributed by atoms with Gasteiger partial charge in [-0.25, -0.2) is 0 Å². The molecule has 1 aliphatic heterocycles. The molecule has 0 aromatic rings. The van der Waals surface area contributed by atoms with E-state index in [9.17, 15) is 4.79 Å². The standard InChI is InChI=1S/C8H10O3/c1-2-3-7-6(9)4-5-8(10)11-7/h2,4-5,7-8,10H,1,3H2/t7-,8?/m0/s1. The van der Waals surface area contributed by atoms with Crippen LogP contribution in [0.3, 0.4) is 0 Å². The molecule has 11 heavy (non-hydrogen) atoms. The van der Waals surface area contributed by atoms with Crippen LogP contribution in [0.15, 0.2) is 24.8 Å². The molecule has 0 aromatic heterocycles. The molecular weight excluding hydrogens is 144 g/mol. The van der Waals surface area contributed by atoms with E-state index in [1.165, 1.54) is 12.2 Å². The Balaban J connectivity index is 2.60. The summed E-state index contributed by atoms with van der Waals surface area (Å²) in [5.41, 5.74) is 0. The first-order chi connectivity index (χ1) is 5.24.